The summed E-state index contributed by atoms with van der Waals surface area (Å²) in [4.78, 5) is 0. The molecule has 0 spiro atoms. The summed E-state index contributed by atoms with van der Waals surface area (Å²) in [5.41, 5.74) is 2.30. The van der Waals surface area contributed by atoms with Crippen LogP contribution in [0.5, 0.6) is 0 Å². The lowest BCUT2D eigenvalue weighted by molar-refractivity contribution is 0.0109. The van der Waals surface area contributed by atoms with Crippen LogP contribution in [0.4, 0.5) is 0 Å². The Balaban J connectivity index is 1.83. The summed E-state index contributed by atoms with van der Waals surface area (Å²) in [6, 6.07) is 8.76. The molecule has 112 valence electrons. The molecule has 1 aliphatic heterocycles. The molecule has 0 bridgehead atoms. The van der Waals surface area contributed by atoms with Crippen molar-refractivity contribution >= 4 is 0 Å². The predicted octanol–water partition coefficient (Wildman–Crippen LogP) is 3.00. The lowest BCUT2D eigenvalue weighted by Gasteiger charge is -2.28. The maximum Gasteiger partial charge on any atom is 0.0914 e. The van der Waals surface area contributed by atoms with E-state index >= 15 is 0 Å². The van der Waals surface area contributed by atoms with Gasteiger partial charge in [0, 0.05) is 19.2 Å². The average Bonchev–Trinajstić information content (AvgIpc) is 2.45. The maximum absolute atomic E-state index is 10.3. The summed E-state index contributed by atoms with van der Waals surface area (Å²) in [6.07, 6.45) is 1.95. The molecular weight excluding hydrogens is 250 g/mol. The summed E-state index contributed by atoms with van der Waals surface area (Å²) in [5.74, 6) is 0.531. The van der Waals surface area contributed by atoms with E-state index in [4.69, 9.17) is 4.74 Å². The molecule has 1 heterocycles. The van der Waals surface area contributed by atoms with Crippen molar-refractivity contribution < 1.29 is 9.84 Å². The van der Waals surface area contributed by atoms with Crippen LogP contribution >= 0.6 is 0 Å². The largest absolute Gasteiger partial charge is 0.387 e. The molecule has 2 rings (SSSR count). The Morgan fingerprint density at radius 1 is 1.25 bits per heavy atom. The molecule has 1 saturated heterocycles. The van der Waals surface area contributed by atoms with E-state index in [1.807, 2.05) is 12.1 Å². The van der Waals surface area contributed by atoms with Gasteiger partial charge in [-0.05, 0) is 36.8 Å². The summed E-state index contributed by atoms with van der Waals surface area (Å²) >= 11 is 0. The van der Waals surface area contributed by atoms with Crippen LogP contribution in [-0.2, 0) is 4.74 Å². The SMILES string of the molecule is CC1CC(NCC(O)c2ccc(C(C)C)cc2)CCO1. The van der Waals surface area contributed by atoms with Gasteiger partial charge in [-0.2, -0.15) is 0 Å². The van der Waals surface area contributed by atoms with Gasteiger partial charge < -0.3 is 15.2 Å². The number of aliphatic hydroxyl groups excluding tert-OH is 1. The van der Waals surface area contributed by atoms with Gasteiger partial charge in [-0.15, -0.1) is 0 Å². The minimum Gasteiger partial charge on any atom is -0.387 e. The zero-order valence-corrected chi connectivity index (χ0v) is 12.8. The summed E-state index contributed by atoms with van der Waals surface area (Å²) in [7, 11) is 0. The molecule has 3 heteroatoms. The molecule has 0 saturated carbocycles. The number of rotatable bonds is 5. The van der Waals surface area contributed by atoms with Crippen LogP contribution in [0.3, 0.4) is 0 Å². The van der Waals surface area contributed by atoms with Crippen molar-refractivity contribution in [2.75, 3.05) is 13.2 Å². The van der Waals surface area contributed by atoms with Crippen molar-refractivity contribution in [3.05, 3.63) is 35.4 Å². The maximum atomic E-state index is 10.3. The Bertz CT molecular complexity index is 402. The molecule has 1 aromatic rings. The van der Waals surface area contributed by atoms with Crippen molar-refractivity contribution in [2.45, 2.75) is 57.8 Å². The number of nitrogens with one attached hydrogen (secondary N) is 1. The fourth-order valence-corrected chi connectivity index (χ4v) is 2.68. The number of hydrogen-bond donors (Lipinski definition) is 2. The van der Waals surface area contributed by atoms with Gasteiger partial charge in [-0.25, -0.2) is 0 Å². The van der Waals surface area contributed by atoms with E-state index in [9.17, 15) is 5.11 Å². The minimum atomic E-state index is -0.436. The van der Waals surface area contributed by atoms with Crippen LogP contribution in [0.2, 0.25) is 0 Å². The highest BCUT2D eigenvalue weighted by Crippen LogP contribution is 2.19. The first-order chi connectivity index (χ1) is 9.56. The van der Waals surface area contributed by atoms with E-state index in [1.54, 1.807) is 0 Å². The first kappa shape index (κ1) is 15.5. The van der Waals surface area contributed by atoms with Crippen molar-refractivity contribution in [3.63, 3.8) is 0 Å². The van der Waals surface area contributed by atoms with Crippen molar-refractivity contribution in [3.8, 4) is 0 Å². The smallest absolute Gasteiger partial charge is 0.0914 e. The average molecular weight is 277 g/mol. The second-order valence-corrected chi connectivity index (χ2v) is 6.15. The molecule has 0 amide bonds. The van der Waals surface area contributed by atoms with Crippen LogP contribution in [0, 0.1) is 0 Å². The molecule has 3 unspecified atom stereocenters. The highest BCUT2D eigenvalue weighted by molar-refractivity contribution is 5.26. The highest BCUT2D eigenvalue weighted by atomic mass is 16.5. The Kier molecular flexibility index (Phi) is 5.58. The number of aliphatic hydroxyl groups is 1. The van der Waals surface area contributed by atoms with E-state index in [-0.39, 0.29) is 0 Å². The molecule has 2 N–H and O–H groups in total. The van der Waals surface area contributed by atoms with Gasteiger partial charge in [-0.1, -0.05) is 38.1 Å². The zero-order valence-electron chi connectivity index (χ0n) is 12.8. The molecule has 0 aromatic heterocycles. The predicted molar refractivity (Wildman–Crippen MR) is 81.9 cm³/mol. The van der Waals surface area contributed by atoms with Gasteiger partial charge in [0.2, 0.25) is 0 Å². The second kappa shape index (κ2) is 7.21. The van der Waals surface area contributed by atoms with Gasteiger partial charge >= 0.3 is 0 Å². The monoisotopic (exact) mass is 277 g/mol. The third kappa shape index (κ3) is 4.30. The molecular formula is C17H27NO2. The number of ether oxygens (including phenoxy) is 1. The van der Waals surface area contributed by atoms with Gasteiger partial charge in [-0.3, -0.25) is 0 Å². The molecule has 0 radical (unpaired) electrons. The van der Waals surface area contributed by atoms with E-state index in [2.05, 4.69) is 38.2 Å². The Morgan fingerprint density at radius 3 is 2.50 bits per heavy atom. The van der Waals surface area contributed by atoms with Gasteiger partial charge in [0.25, 0.3) is 0 Å². The van der Waals surface area contributed by atoms with Crippen molar-refractivity contribution in [2.24, 2.45) is 0 Å². The first-order valence-corrected chi connectivity index (χ1v) is 7.69. The molecule has 0 aliphatic carbocycles. The lowest BCUT2D eigenvalue weighted by Crippen LogP contribution is -2.39. The van der Waals surface area contributed by atoms with Gasteiger partial charge in [0.1, 0.15) is 0 Å². The van der Waals surface area contributed by atoms with Crippen LogP contribution < -0.4 is 5.32 Å². The first-order valence-electron chi connectivity index (χ1n) is 7.69. The van der Waals surface area contributed by atoms with Crippen LogP contribution in [0.25, 0.3) is 0 Å². The topological polar surface area (TPSA) is 41.5 Å². The summed E-state index contributed by atoms with van der Waals surface area (Å²) in [5, 5.41) is 13.7. The van der Waals surface area contributed by atoms with E-state index in [0.29, 0.717) is 24.6 Å². The van der Waals surface area contributed by atoms with Crippen molar-refractivity contribution in [1.29, 1.82) is 0 Å². The molecule has 3 nitrogen and oxygen atoms in total. The minimum absolute atomic E-state index is 0.323. The summed E-state index contributed by atoms with van der Waals surface area (Å²) in [6.45, 7) is 7.89. The highest BCUT2D eigenvalue weighted by Gasteiger charge is 2.19. The third-order valence-electron chi connectivity index (χ3n) is 4.07. The molecule has 1 aromatic carbocycles. The zero-order chi connectivity index (χ0) is 14.5. The standard InChI is InChI=1S/C17H27NO2/c1-12(2)14-4-6-15(7-5-14)17(19)11-18-16-8-9-20-13(3)10-16/h4-7,12-13,16-19H,8-11H2,1-3H3. The quantitative estimate of drug-likeness (QED) is 0.869. The van der Waals surface area contributed by atoms with E-state index in [0.717, 1.165) is 25.0 Å². The fraction of sp³-hybridized carbons (Fsp3) is 0.647. The normalized spacial score (nSPS) is 24.9. The molecule has 1 aliphatic rings. The van der Waals surface area contributed by atoms with E-state index in [1.165, 1.54) is 5.56 Å². The summed E-state index contributed by atoms with van der Waals surface area (Å²) < 4.78 is 5.53. The molecule has 20 heavy (non-hydrogen) atoms. The number of hydrogen-bond acceptors (Lipinski definition) is 3. The Morgan fingerprint density at radius 2 is 1.90 bits per heavy atom. The second-order valence-electron chi connectivity index (χ2n) is 6.15. The third-order valence-corrected chi connectivity index (χ3v) is 4.07. The Hall–Kier alpha value is -0.900. The van der Waals surface area contributed by atoms with Crippen LogP contribution in [-0.4, -0.2) is 30.4 Å². The van der Waals surface area contributed by atoms with Gasteiger partial charge in [0.15, 0.2) is 0 Å². The van der Waals surface area contributed by atoms with E-state index < -0.39 is 6.10 Å². The van der Waals surface area contributed by atoms with Crippen LogP contribution in [0.1, 0.15) is 56.8 Å². The number of benzene rings is 1. The Labute approximate surface area is 122 Å². The fourth-order valence-electron chi connectivity index (χ4n) is 2.68. The van der Waals surface area contributed by atoms with Crippen molar-refractivity contribution in [1.82, 2.24) is 5.32 Å². The lowest BCUT2D eigenvalue weighted by atomic mass is 9.99. The van der Waals surface area contributed by atoms with Crippen LogP contribution in [0.15, 0.2) is 24.3 Å². The molecule has 3 atom stereocenters. The van der Waals surface area contributed by atoms with Gasteiger partial charge in [0.05, 0.1) is 12.2 Å². The molecule has 1 fully saturated rings.